The average Bonchev–Trinajstić information content (AvgIpc) is 2.81. The van der Waals surface area contributed by atoms with Crippen LogP contribution in [0.15, 0.2) is 65.8 Å². The van der Waals surface area contributed by atoms with Crippen molar-refractivity contribution in [3.05, 3.63) is 77.1 Å². The minimum atomic E-state index is -3.74. The number of halogens is 1. The number of anilines is 2. The van der Waals surface area contributed by atoms with Crippen LogP contribution in [0.1, 0.15) is 36.8 Å². The molecule has 4 rings (SSSR count). The molecule has 4 N–H and O–H groups in total. The van der Waals surface area contributed by atoms with Gasteiger partial charge >= 0.3 is 0 Å². The second-order valence-electron chi connectivity index (χ2n) is 8.40. The average molecular weight is 486 g/mol. The number of nitrogens with zero attached hydrogens (tertiary/aromatic N) is 2. The topological polar surface area (TPSA) is 110 Å². The summed E-state index contributed by atoms with van der Waals surface area (Å²) in [6, 6.07) is 14.4. The molecule has 174 valence electrons. The van der Waals surface area contributed by atoms with Gasteiger partial charge in [-0.3, -0.25) is 4.72 Å². The molecule has 1 aliphatic rings. The molecule has 0 spiro atoms. The summed E-state index contributed by atoms with van der Waals surface area (Å²) in [5.41, 5.74) is 8.59. The van der Waals surface area contributed by atoms with Crippen LogP contribution in [0.4, 0.5) is 11.6 Å². The molecular weight excluding hydrogens is 458 g/mol. The van der Waals surface area contributed by atoms with Crippen molar-refractivity contribution in [2.75, 3.05) is 10.0 Å². The second kappa shape index (κ2) is 10.5. The first kappa shape index (κ1) is 23.5. The summed E-state index contributed by atoms with van der Waals surface area (Å²) in [6.07, 6.45) is 9.49. The Morgan fingerprint density at radius 1 is 0.909 bits per heavy atom. The van der Waals surface area contributed by atoms with E-state index in [4.69, 9.17) is 17.3 Å². The lowest BCUT2D eigenvalue weighted by Crippen LogP contribution is -2.33. The van der Waals surface area contributed by atoms with Crippen molar-refractivity contribution in [3.63, 3.8) is 0 Å². The van der Waals surface area contributed by atoms with Gasteiger partial charge in [-0.2, -0.15) is 0 Å². The van der Waals surface area contributed by atoms with Crippen LogP contribution in [0, 0.1) is 0 Å². The maximum absolute atomic E-state index is 12.6. The summed E-state index contributed by atoms with van der Waals surface area (Å²) in [6.45, 7) is 0. The van der Waals surface area contributed by atoms with Gasteiger partial charge in [-0.1, -0.05) is 35.9 Å². The molecule has 1 saturated carbocycles. The maximum atomic E-state index is 12.6. The zero-order chi connectivity index (χ0) is 23.3. The summed E-state index contributed by atoms with van der Waals surface area (Å²) >= 11 is 6.03. The molecule has 1 aliphatic carbocycles. The number of aryl methyl sites for hydroxylation is 2. The van der Waals surface area contributed by atoms with Crippen molar-refractivity contribution >= 4 is 33.3 Å². The van der Waals surface area contributed by atoms with E-state index in [2.05, 4.69) is 20.0 Å². The number of hydrogen-bond acceptors (Lipinski definition) is 6. The number of hydrogen-bond donors (Lipinski definition) is 3. The van der Waals surface area contributed by atoms with Gasteiger partial charge in [-0.25, -0.2) is 18.4 Å². The molecule has 1 aromatic heterocycles. The predicted molar refractivity (Wildman–Crippen MR) is 132 cm³/mol. The molecule has 0 atom stereocenters. The molecular formula is C24H28ClN5O2S. The number of nitrogens with one attached hydrogen (secondary N) is 2. The molecule has 1 heterocycles. The first-order valence-electron chi connectivity index (χ1n) is 11.1. The van der Waals surface area contributed by atoms with Crippen LogP contribution in [0.5, 0.6) is 0 Å². The molecule has 0 radical (unpaired) electrons. The normalized spacial score (nSPS) is 18.6. The van der Waals surface area contributed by atoms with Gasteiger partial charge in [-0.15, -0.1) is 0 Å². The van der Waals surface area contributed by atoms with Gasteiger partial charge in [0.1, 0.15) is 4.90 Å². The van der Waals surface area contributed by atoms with Crippen molar-refractivity contribution in [1.29, 1.82) is 0 Å². The molecule has 0 amide bonds. The van der Waals surface area contributed by atoms with E-state index >= 15 is 0 Å². The Hall–Kier alpha value is -2.68. The minimum absolute atomic E-state index is 0.0562. The van der Waals surface area contributed by atoms with Crippen LogP contribution in [0.2, 0.25) is 5.02 Å². The Morgan fingerprint density at radius 3 is 2.21 bits per heavy atom. The predicted octanol–water partition coefficient (Wildman–Crippen LogP) is 4.40. The Bertz CT molecular complexity index is 1160. The van der Waals surface area contributed by atoms with Crippen molar-refractivity contribution < 1.29 is 8.42 Å². The number of rotatable bonds is 8. The minimum Gasteiger partial charge on any atom is -0.351 e. The van der Waals surface area contributed by atoms with Gasteiger partial charge in [0.15, 0.2) is 0 Å². The summed E-state index contributed by atoms with van der Waals surface area (Å²) in [5, 5.41) is 3.59. The third kappa shape index (κ3) is 6.43. The molecule has 0 bridgehead atoms. The summed E-state index contributed by atoms with van der Waals surface area (Å²) in [4.78, 5) is 8.96. The highest BCUT2D eigenvalue weighted by Gasteiger charge is 2.19. The molecule has 9 heteroatoms. The van der Waals surface area contributed by atoms with Gasteiger partial charge in [0.2, 0.25) is 5.95 Å². The fourth-order valence-electron chi connectivity index (χ4n) is 3.91. The van der Waals surface area contributed by atoms with E-state index in [9.17, 15) is 8.42 Å². The van der Waals surface area contributed by atoms with E-state index in [1.165, 1.54) is 6.07 Å². The van der Waals surface area contributed by atoms with Gasteiger partial charge in [0, 0.05) is 30.2 Å². The Balaban J connectivity index is 1.29. The third-order valence-corrected chi connectivity index (χ3v) is 7.73. The van der Waals surface area contributed by atoms with Crippen LogP contribution in [0.25, 0.3) is 0 Å². The largest absolute Gasteiger partial charge is 0.351 e. The quantitative estimate of drug-likeness (QED) is 0.436. The van der Waals surface area contributed by atoms with Gasteiger partial charge in [-0.05, 0) is 73.9 Å². The molecule has 1 fully saturated rings. The molecule has 7 nitrogen and oxygen atoms in total. The fourth-order valence-corrected chi connectivity index (χ4v) is 5.48. The summed E-state index contributed by atoms with van der Waals surface area (Å²) in [5.74, 6) is 0.661. The van der Waals surface area contributed by atoms with Crippen molar-refractivity contribution in [1.82, 2.24) is 9.97 Å². The standard InChI is InChI=1S/C24H28ClN5O2S/c25-22-3-1-2-4-23(22)33(31,32)30-21-11-7-17(8-12-21)5-6-18-15-27-24(28-16-18)29-20-13-9-19(26)10-14-20/h1-4,7-8,11-12,15-16,19-20,30H,5-6,9-10,13-14,26H2,(H,27,28,29)/t19-,20-. The smallest absolute Gasteiger partial charge is 0.263 e. The monoisotopic (exact) mass is 485 g/mol. The van der Waals surface area contributed by atoms with Gasteiger partial charge < -0.3 is 11.1 Å². The van der Waals surface area contributed by atoms with Crippen LogP contribution in [-0.2, 0) is 22.9 Å². The fraction of sp³-hybridized carbons (Fsp3) is 0.333. The number of benzene rings is 2. The Morgan fingerprint density at radius 2 is 1.55 bits per heavy atom. The highest BCUT2D eigenvalue weighted by molar-refractivity contribution is 7.92. The molecule has 0 unspecified atom stereocenters. The summed E-state index contributed by atoms with van der Waals surface area (Å²) in [7, 11) is -3.74. The van der Waals surface area contributed by atoms with Crippen LogP contribution < -0.4 is 15.8 Å². The lowest BCUT2D eigenvalue weighted by molar-refractivity contribution is 0.410. The van der Waals surface area contributed by atoms with E-state index in [0.717, 1.165) is 49.7 Å². The van der Waals surface area contributed by atoms with Gasteiger partial charge in [0.05, 0.1) is 5.02 Å². The molecule has 33 heavy (non-hydrogen) atoms. The summed E-state index contributed by atoms with van der Waals surface area (Å²) < 4.78 is 27.7. The number of nitrogens with two attached hydrogens (primary N) is 1. The lowest BCUT2D eigenvalue weighted by atomic mass is 9.92. The zero-order valence-electron chi connectivity index (χ0n) is 18.2. The zero-order valence-corrected chi connectivity index (χ0v) is 19.8. The third-order valence-electron chi connectivity index (χ3n) is 5.85. The van der Waals surface area contributed by atoms with Crippen molar-refractivity contribution in [2.45, 2.75) is 55.5 Å². The highest BCUT2D eigenvalue weighted by atomic mass is 35.5. The van der Waals surface area contributed by atoms with E-state index in [1.807, 2.05) is 24.5 Å². The number of sulfonamides is 1. The highest BCUT2D eigenvalue weighted by Crippen LogP contribution is 2.24. The van der Waals surface area contributed by atoms with Crippen LogP contribution >= 0.6 is 11.6 Å². The molecule has 0 aliphatic heterocycles. The number of aromatic nitrogens is 2. The van der Waals surface area contributed by atoms with Crippen LogP contribution in [0.3, 0.4) is 0 Å². The Labute approximate surface area is 199 Å². The van der Waals surface area contributed by atoms with E-state index < -0.39 is 10.0 Å². The lowest BCUT2D eigenvalue weighted by Gasteiger charge is -2.26. The van der Waals surface area contributed by atoms with Gasteiger partial charge in [0.25, 0.3) is 10.0 Å². The first-order valence-corrected chi connectivity index (χ1v) is 12.9. The Kier molecular flexibility index (Phi) is 7.47. The van der Waals surface area contributed by atoms with E-state index in [-0.39, 0.29) is 9.92 Å². The van der Waals surface area contributed by atoms with E-state index in [0.29, 0.717) is 23.7 Å². The van der Waals surface area contributed by atoms with Crippen molar-refractivity contribution in [3.8, 4) is 0 Å². The first-order chi connectivity index (χ1) is 15.9. The van der Waals surface area contributed by atoms with Crippen LogP contribution in [-0.4, -0.2) is 30.5 Å². The second-order valence-corrected chi connectivity index (χ2v) is 10.5. The van der Waals surface area contributed by atoms with Crippen molar-refractivity contribution in [2.24, 2.45) is 5.73 Å². The molecule has 2 aromatic carbocycles. The SMILES string of the molecule is N[C@H]1CC[C@H](Nc2ncc(CCc3ccc(NS(=O)(=O)c4ccccc4Cl)cc3)cn2)CC1. The molecule has 0 saturated heterocycles. The molecule has 3 aromatic rings. The maximum Gasteiger partial charge on any atom is 0.263 e. The van der Waals surface area contributed by atoms with E-state index in [1.54, 1.807) is 30.3 Å².